The lowest BCUT2D eigenvalue weighted by Gasteiger charge is -2.09. The fraction of sp³-hybridized carbons (Fsp3) is 0.214. The topological polar surface area (TPSA) is 68.9 Å². The van der Waals surface area contributed by atoms with Crippen LogP contribution in [0, 0.1) is 0 Å². The van der Waals surface area contributed by atoms with Crippen LogP contribution < -0.4 is 14.9 Å². The predicted molar refractivity (Wildman–Crippen MR) is 68.2 cm³/mol. The van der Waals surface area contributed by atoms with Crippen LogP contribution in [0.3, 0.4) is 0 Å². The van der Waals surface area contributed by atoms with E-state index in [1.54, 1.807) is 7.11 Å². The molecule has 0 radical (unpaired) electrons. The number of ether oxygens (including phenoxy) is 2. The molecule has 0 spiro atoms. The van der Waals surface area contributed by atoms with Crippen LogP contribution in [-0.4, -0.2) is 12.2 Å². The third-order valence-electron chi connectivity index (χ3n) is 2.58. The minimum absolute atomic E-state index is 0.100. The number of para-hydroxylation sites is 1. The molecule has 0 atom stereocenters. The quantitative estimate of drug-likeness (QED) is 0.888. The number of aliphatic hydroxyl groups is 1. The van der Waals surface area contributed by atoms with E-state index < -0.39 is 0 Å². The Morgan fingerprint density at radius 2 is 2.05 bits per heavy atom. The van der Waals surface area contributed by atoms with Gasteiger partial charge < -0.3 is 19.0 Å². The van der Waals surface area contributed by atoms with E-state index in [0.29, 0.717) is 5.75 Å². The summed E-state index contributed by atoms with van der Waals surface area (Å²) in [7, 11) is 1.57. The number of aliphatic hydroxyl groups excluding tert-OH is 1. The van der Waals surface area contributed by atoms with E-state index in [1.165, 1.54) is 12.3 Å². The second-order valence-corrected chi connectivity index (χ2v) is 3.83. The molecule has 1 heterocycles. The van der Waals surface area contributed by atoms with Gasteiger partial charge in [0.15, 0.2) is 0 Å². The highest BCUT2D eigenvalue weighted by molar-refractivity contribution is 5.33. The summed E-state index contributed by atoms with van der Waals surface area (Å²) in [5, 5.41) is 8.84. The van der Waals surface area contributed by atoms with Crippen molar-refractivity contribution in [3.63, 3.8) is 0 Å². The van der Waals surface area contributed by atoms with Crippen LogP contribution in [-0.2, 0) is 13.2 Å². The summed E-state index contributed by atoms with van der Waals surface area (Å²) < 4.78 is 15.6. The van der Waals surface area contributed by atoms with Crippen LogP contribution in [0.15, 0.2) is 45.8 Å². The molecule has 0 fully saturated rings. The molecule has 0 aliphatic heterocycles. The summed E-state index contributed by atoms with van der Waals surface area (Å²) in [6.45, 7) is -0.116. The Balaban J connectivity index is 2.12. The fourth-order valence-corrected chi connectivity index (χ4v) is 1.60. The van der Waals surface area contributed by atoms with Gasteiger partial charge in [0.1, 0.15) is 31.0 Å². The lowest BCUT2D eigenvalue weighted by atomic mass is 10.2. The normalized spacial score (nSPS) is 10.2. The molecule has 0 bridgehead atoms. The van der Waals surface area contributed by atoms with Gasteiger partial charge >= 0.3 is 0 Å². The van der Waals surface area contributed by atoms with Crippen molar-refractivity contribution < 1.29 is 19.0 Å². The summed E-state index contributed by atoms with van der Waals surface area (Å²) in [4.78, 5) is 11.6. The Hall–Kier alpha value is -2.27. The zero-order chi connectivity index (χ0) is 13.7. The second kappa shape index (κ2) is 6.06. The Bertz CT molecular complexity index is 603. The highest BCUT2D eigenvalue weighted by Gasteiger charge is 2.07. The Morgan fingerprint density at radius 3 is 2.74 bits per heavy atom. The maximum atomic E-state index is 11.6. The minimum atomic E-state index is -0.329. The van der Waals surface area contributed by atoms with Gasteiger partial charge in [-0.15, -0.1) is 0 Å². The SMILES string of the molecule is COc1ccccc1COc1coc(CO)cc1=O. The molecular formula is C14H14O5. The summed E-state index contributed by atoms with van der Waals surface area (Å²) in [5.41, 5.74) is 0.501. The van der Waals surface area contributed by atoms with Crippen LogP contribution in [0.2, 0.25) is 0 Å². The number of hydrogen-bond acceptors (Lipinski definition) is 5. The zero-order valence-corrected chi connectivity index (χ0v) is 10.5. The Morgan fingerprint density at radius 1 is 1.26 bits per heavy atom. The van der Waals surface area contributed by atoms with E-state index >= 15 is 0 Å². The van der Waals surface area contributed by atoms with Crippen molar-refractivity contribution >= 4 is 0 Å². The number of hydrogen-bond donors (Lipinski definition) is 1. The predicted octanol–water partition coefficient (Wildman–Crippen LogP) is 1.72. The molecule has 1 aromatic carbocycles. The van der Waals surface area contributed by atoms with Crippen molar-refractivity contribution in [2.24, 2.45) is 0 Å². The first-order valence-electron chi connectivity index (χ1n) is 5.72. The number of rotatable bonds is 5. The summed E-state index contributed by atoms with van der Waals surface area (Å²) in [5.74, 6) is 0.997. The molecule has 0 aliphatic rings. The molecule has 0 saturated carbocycles. The van der Waals surface area contributed by atoms with E-state index in [4.69, 9.17) is 19.0 Å². The monoisotopic (exact) mass is 262 g/mol. The Kier molecular flexibility index (Phi) is 4.20. The molecule has 19 heavy (non-hydrogen) atoms. The molecule has 100 valence electrons. The van der Waals surface area contributed by atoms with Crippen LogP contribution in [0.1, 0.15) is 11.3 Å². The number of benzene rings is 1. The van der Waals surface area contributed by atoms with Gasteiger partial charge in [-0.05, 0) is 6.07 Å². The van der Waals surface area contributed by atoms with Crippen molar-refractivity contribution in [1.29, 1.82) is 0 Å². The van der Waals surface area contributed by atoms with E-state index in [9.17, 15) is 4.79 Å². The maximum Gasteiger partial charge on any atom is 0.227 e. The van der Waals surface area contributed by atoms with Gasteiger partial charge in [-0.2, -0.15) is 0 Å². The summed E-state index contributed by atoms with van der Waals surface area (Å²) >= 11 is 0. The van der Waals surface area contributed by atoms with Crippen molar-refractivity contribution in [2.75, 3.05) is 7.11 Å². The van der Waals surface area contributed by atoms with E-state index in [-0.39, 0.29) is 30.2 Å². The van der Waals surface area contributed by atoms with Crippen molar-refractivity contribution in [3.05, 3.63) is 58.1 Å². The molecule has 0 amide bonds. The standard InChI is InChI=1S/C14H14O5/c1-17-13-5-3-2-4-10(13)8-19-14-9-18-11(7-15)6-12(14)16/h2-6,9,15H,7-8H2,1H3. The van der Waals surface area contributed by atoms with E-state index in [2.05, 4.69) is 0 Å². The highest BCUT2D eigenvalue weighted by Crippen LogP contribution is 2.19. The average Bonchev–Trinajstić information content (AvgIpc) is 2.46. The highest BCUT2D eigenvalue weighted by atomic mass is 16.5. The van der Waals surface area contributed by atoms with Gasteiger partial charge in [0, 0.05) is 11.6 Å². The largest absolute Gasteiger partial charge is 0.496 e. The molecule has 5 heteroatoms. The van der Waals surface area contributed by atoms with Crippen LogP contribution in [0.4, 0.5) is 0 Å². The second-order valence-electron chi connectivity index (χ2n) is 3.83. The van der Waals surface area contributed by atoms with E-state index in [0.717, 1.165) is 5.56 Å². The lowest BCUT2D eigenvalue weighted by molar-refractivity contribution is 0.235. The maximum absolute atomic E-state index is 11.6. The Labute approximate surface area is 110 Å². The van der Waals surface area contributed by atoms with Crippen molar-refractivity contribution in [1.82, 2.24) is 0 Å². The van der Waals surface area contributed by atoms with Gasteiger partial charge in [-0.25, -0.2) is 0 Å². The molecule has 1 aromatic heterocycles. The first-order chi connectivity index (χ1) is 9.24. The van der Waals surface area contributed by atoms with Crippen LogP contribution in [0.25, 0.3) is 0 Å². The molecule has 1 N–H and O–H groups in total. The fourth-order valence-electron chi connectivity index (χ4n) is 1.60. The van der Waals surface area contributed by atoms with Crippen LogP contribution >= 0.6 is 0 Å². The minimum Gasteiger partial charge on any atom is -0.496 e. The first kappa shape index (κ1) is 13.2. The summed E-state index contributed by atoms with van der Waals surface area (Å²) in [6.07, 6.45) is 1.20. The van der Waals surface area contributed by atoms with E-state index in [1.807, 2.05) is 24.3 Å². The number of methoxy groups -OCH3 is 1. The third-order valence-corrected chi connectivity index (χ3v) is 2.58. The van der Waals surface area contributed by atoms with Crippen molar-refractivity contribution in [2.45, 2.75) is 13.2 Å². The molecule has 5 nitrogen and oxygen atoms in total. The molecule has 0 unspecified atom stereocenters. The molecule has 0 aliphatic carbocycles. The van der Waals surface area contributed by atoms with Crippen molar-refractivity contribution in [3.8, 4) is 11.5 Å². The van der Waals surface area contributed by atoms with Crippen LogP contribution in [0.5, 0.6) is 11.5 Å². The first-order valence-corrected chi connectivity index (χ1v) is 5.72. The van der Waals surface area contributed by atoms with Gasteiger partial charge in [-0.1, -0.05) is 18.2 Å². The zero-order valence-electron chi connectivity index (χ0n) is 10.5. The molecule has 2 rings (SSSR count). The lowest BCUT2D eigenvalue weighted by Crippen LogP contribution is -2.08. The van der Waals surface area contributed by atoms with Gasteiger partial charge in [0.25, 0.3) is 0 Å². The van der Waals surface area contributed by atoms with Gasteiger partial charge in [-0.3, -0.25) is 4.79 Å². The van der Waals surface area contributed by atoms with Gasteiger partial charge in [0.2, 0.25) is 11.2 Å². The molecule has 0 saturated heterocycles. The summed E-state index contributed by atoms with van der Waals surface area (Å²) in [6, 6.07) is 8.58. The average molecular weight is 262 g/mol. The third kappa shape index (κ3) is 3.14. The molecule has 2 aromatic rings. The smallest absolute Gasteiger partial charge is 0.227 e. The molecular weight excluding hydrogens is 248 g/mol. The van der Waals surface area contributed by atoms with Gasteiger partial charge in [0.05, 0.1) is 7.11 Å².